The number of nitrogens with zero attached hydrogens (tertiary/aromatic N) is 5. The summed E-state index contributed by atoms with van der Waals surface area (Å²) in [6.07, 6.45) is 3.38. The van der Waals surface area contributed by atoms with Crippen molar-refractivity contribution in [1.29, 1.82) is 0 Å². The summed E-state index contributed by atoms with van der Waals surface area (Å²) in [5.74, 6) is 1.61. The van der Waals surface area contributed by atoms with Crippen LogP contribution in [-0.4, -0.2) is 62.4 Å². The molecule has 3 N–H and O–H groups in total. The third-order valence-electron chi connectivity index (χ3n) is 5.40. The van der Waals surface area contributed by atoms with Crippen molar-refractivity contribution in [2.45, 2.75) is 19.9 Å². The third-order valence-corrected chi connectivity index (χ3v) is 5.40. The maximum Gasteiger partial charge on any atom is 0.270 e. The molecule has 4 aromatic heterocycles. The van der Waals surface area contributed by atoms with Crippen molar-refractivity contribution in [2.24, 2.45) is 5.92 Å². The van der Waals surface area contributed by atoms with E-state index >= 15 is 0 Å². The second-order valence-electron chi connectivity index (χ2n) is 8.12. The minimum absolute atomic E-state index is 0.0930. The number of hydrogen-bond donors (Lipinski definition) is 3. The van der Waals surface area contributed by atoms with Crippen LogP contribution in [0.4, 0.5) is 11.6 Å². The van der Waals surface area contributed by atoms with Gasteiger partial charge in [0.2, 0.25) is 0 Å². The molecule has 0 aliphatic carbocycles. The number of amides is 1. The molecule has 0 spiro atoms. The zero-order chi connectivity index (χ0) is 24.9. The summed E-state index contributed by atoms with van der Waals surface area (Å²) in [6, 6.07) is 10.2. The first kappa shape index (κ1) is 23.9. The number of imidazole rings is 1. The van der Waals surface area contributed by atoms with Crippen molar-refractivity contribution in [1.82, 2.24) is 29.9 Å². The number of aliphatic hydroxyl groups excluding tert-OH is 1. The van der Waals surface area contributed by atoms with Gasteiger partial charge in [-0.25, -0.2) is 19.5 Å². The average molecular weight is 478 g/mol. The molecule has 0 radical (unpaired) electrons. The Morgan fingerprint density at radius 1 is 1.11 bits per heavy atom. The summed E-state index contributed by atoms with van der Waals surface area (Å²) in [5, 5.41) is 20.0. The van der Waals surface area contributed by atoms with Crippen molar-refractivity contribution >= 4 is 23.2 Å². The van der Waals surface area contributed by atoms with E-state index in [1.54, 1.807) is 48.3 Å². The molecule has 4 aromatic rings. The van der Waals surface area contributed by atoms with E-state index in [1.165, 1.54) is 7.11 Å². The van der Waals surface area contributed by atoms with Crippen LogP contribution < -0.4 is 20.1 Å². The molecule has 35 heavy (non-hydrogen) atoms. The van der Waals surface area contributed by atoms with Crippen molar-refractivity contribution in [3.63, 3.8) is 0 Å². The van der Waals surface area contributed by atoms with E-state index in [-0.39, 0.29) is 30.2 Å². The highest BCUT2D eigenvalue weighted by Gasteiger charge is 2.17. The maximum absolute atomic E-state index is 12.6. The standard InChI is InChI=1S/C24H27N7O4/c1-14(2)18(13-32)27-23(33)17-6-5-7-20(26-17)28-21-12-31-22(29-21)9-8-16(30-31)15-10-19(34-3)24(35-4)25-11-15/h5-12,14,18,32H,13H2,1-4H3,(H,26,28)(H,27,33). The monoisotopic (exact) mass is 477 g/mol. The molecule has 4 heterocycles. The predicted octanol–water partition coefficient (Wildman–Crippen LogP) is 2.69. The van der Waals surface area contributed by atoms with Crippen molar-refractivity contribution in [3.8, 4) is 22.9 Å². The topological polar surface area (TPSA) is 136 Å². The van der Waals surface area contributed by atoms with E-state index in [1.807, 2.05) is 26.0 Å². The summed E-state index contributed by atoms with van der Waals surface area (Å²) in [6.45, 7) is 3.71. The largest absolute Gasteiger partial charge is 0.491 e. The summed E-state index contributed by atoms with van der Waals surface area (Å²) < 4.78 is 12.2. The highest BCUT2D eigenvalue weighted by atomic mass is 16.5. The number of aliphatic hydroxyl groups is 1. The Balaban J connectivity index is 1.54. The molecule has 11 heteroatoms. The Morgan fingerprint density at radius 2 is 1.94 bits per heavy atom. The lowest BCUT2D eigenvalue weighted by Crippen LogP contribution is -2.41. The van der Waals surface area contributed by atoms with Gasteiger partial charge in [0.1, 0.15) is 11.5 Å². The fourth-order valence-electron chi connectivity index (χ4n) is 3.40. The predicted molar refractivity (Wildman–Crippen MR) is 130 cm³/mol. The Bertz CT molecular complexity index is 1340. The van der Waals surface area contributed by atoms with Gasteiger partial charge < -0.3 is 25.2 Å². The molecule has 0 fully saturated rings. The minimum Gasteiger partial charge on any atom is -0.491 e. The number of carbonyl (C=O) groups is 1. The minimum atomic E-state index is -0.355. The molecule has 0 aliphatic rings. The number of nitrogens with one attached hydrogen (secondary N) is 2. The van der Waals surface area contributed by atoms with Crippen LogP contribution in [0, 0.1) is 5.92 Å². The molecule has 182 valence electrons. The Morgan fingerprint density at radius 3 is 2.66 bits per heavy atom. The second-order valence-corrected chi connectivity index (χ2v) is 8.12. The van der Waals surface area contributed by atoms with Crippen molar-refractivity contribution in [3.05, 3.63) is 54.5 Å². The van der Waals surface area contributed by atoms with Crippen LogP contribution in [0.5, 0.6) is 11.6 Å². The van der Waals surface area contributed by atoms with Gasteiger partial charge in [-0.2, -0.15) is 5.10 Å². The number of ether oxygens (including phenoxy) is 2. The van der Waals surface area contributed by atoms with Crippen LogP contribution in [-0.2, 0) is 0 Å². The van der Waals surface area contributed by atoms with Gasteiger partial charge in [-0.15, -0.1) is 0 Å². The molecule has 1 unspecified atom stereocenters. The van der Waals surface area contributed by atoms with Gasteiger partial charge in [0.05, 0.1) is 38.8 Å². The van der Waals surface area contributed by atoms with Crippen LogP contribution in [0.1, 0.15) is 24.3 Å². The lowest BCUT2D eigenvalue weighted by atomic mass is 10.1. The van der Waals surface area contributed by atoms with E-state index in [9.17, 15) is 9.90 Å². The number of pyridine rings is 2. The van der Waals surface area contributed by atoms with Gasteiger partial charge >= 0.3 is 0 Å². The lowest BCUT2D eigenvalue weighted by molar-refractivity contribution is 0.0892. The Kier molecular flexibility index (Phi) is 7.06. The molecule has 1 amide bonds. The van der Waals surface area contributed by atoms with E-state index in [0.717, 1.165) is 5.56 Å². The van der Waals surface area contributed by atoms with Crippen LogP contribution in [0.3, 0.4) is 0 Å². The molecule has 11 nitrogen and oxygen atoms in total. The summed E-state index contributed by atoms with van der Waals surface area (Å²) in [4.78, 5) is 25.7. The molecule has 0 saturated carbocycles. The zero-order valence-electron chi connectivity index (χ0n) is 19.9. The molecular formula is C24H27N7O4. The van der Waals surface area contributed by atoms with Crippen molar-refractivity contribution < 1.29 is 19.4 Å². The number of anilines is 2. The second kappa shape index (κ2) is 10.3. The van der Waals surface area contributed by atoms with Gasteiger partial charge in [0, 0.05) is 11.8 Å². The summed E-state index contributed by atoms with van der Waals surface area (Å²) in [7, 11) is 3.08. The number of aromatic nitrogens is 5. The number of carbonyl (C=O) groups excluding carboxylic acids is 1. The quantitative estimate of drug-likeness (QED) is 0.332. The highest BCUT2D eigenvalue weighted by molar-refractivity contribution is 5.93. The number of hydrogen-bond acceptors (Lipinski definition) is 9. The molecule has 4 rings (SSSR count). The van der Waals surface area contributed by atoms with Gasteiger partial charge in [-0.05, 0) is 36.2 Å². The normalized spacial score (nSPS) is 11.9. The molecule has 1 atom stereocenters. The van der Waals surface area contributed by atoms with Crippen LogP contribution >= 0.6 is 0 Å². The van der Waals surface area contributed by atoms with Gasteiger partial charge in [0.25, 0.3) is 11.8 Å². The van der Waals surface area contributed by atoms with E-state index in [0.29, 0.717) is 34.6 Å². The van der Waals surface area contributed by atoms with E-state index in [2.05, 4.69) is 30.7 Å². The van der Waals surface area contributed by atoms with Crippen molar-refractivity contribution in [2.75, 3.05) is 26.1 Å². The first-order valence-corrected chi connectivity index (χ1v) is 11.0. The van der Waals surface area contributed by atoms with Crippen LogP contribution in [0.15, 0.2) is 48.8 Å². The molecule has 0 saturated heterocycles. The SMILES string of the molecule is COc1cc(-c2ccc3nc(Nc4cccc(C(=O)NC(CO)C(C)C)n4)cn3n2)cnc1OC. The lowest BCUT2D eigenvalue weighted by Gasteiger charge is -2.19. The fourth-order valence-corrected chi connectivity index (χ4v) is 3.40. The van der Waals surface area contributed by atoms with Gasteiger partial charge in [-0.1, -0.05) is 19.9 Å². The molecule has 0 aliphatic heterocycles. The average Bonchev–Trinajstić information content (AvgIpc) is 3.27. The van der Waals surface area contributed by atoms with Gasteiger partial charge in [0.15, 0.2) is 17.2 Å². The number of rotatable bonds is 9. The molecule has 0 bridgehead atoms. The number of fused-ring (bicyclic) bond motifs is 1. The molecule has 0 aromatic carbocycles. The first-order valence-electron chi connectivity index (χ1n) is 11.0. The highest BCUT2D eigenvalue weighted by Crippen LogP contribution is 2.29. The number of methoxy groups -OCH3 is 2. The van der Waals surface area contributed by atoms with Gasteiger partial charge in [-0.3, -0.25) is 4.79 Å². The Hall–Kier alpha value is -4.25. The maximum atomic E-state index is 12.6. The van der Waals surface area contributed by atoms with Crippen LogP contribution in [0.2, 0.25) is 0 Å². The zero-order valence-corrected chi connectivity index (χ0v) is 19.9. The molecular weight excluding hydrogens is 450 g/mol. The summed E-state index contributed by atoms with van der Waals surface area (Å²) in [5.41, 5.74) is 2.30. The third kappa shape index (κ3) is 5.30. The van der Waals surface area contributed by atoms with E-state index < -0.39 is 0 Å². The van der Waals surface area contributed by atoms with E-state index in [4.69, 9.17) is 9.47 Å². The summed E-state index contributed by atoms with van der Waals surface area (Å²) >= 11 is 0. The first-order chi connectivity index (χ1) is 16.9. The Labute approximate surface area is 202 Å². The fraction of sp³-hybridized carbons (Fsp3) is 0.292. The smallest absolute Gasteiger partial charge is 0.270 e. The van der Waals surface area contributed by atoms with Crippen LogP contribution in [0.25, 0.3) is 16.9 Å².